The van der Waals surface area contributed by atoms with Crippen molar-refractivity contribution in [1.29, 1.82) is 0 Å². The number of amides is 3. The maximum atomic E-state index is 14.8. The lowest BCUT2D eigenvalue weighted by Crippen LogP contribution is -2.54. The van der Waals surface area contributed by atoms with E-state index in [1.54, 1.807) is 17.0 Å². The standard InChI is InChI=1S/C27H30FN3O3/c1-29-24(32)17-27(26(29)34,22-8-4-5-9-23(22)28)18-25(33)31-14-12-30(13-15-31)21-11-10-19-6-2-3-7-20(19)16-21/h2-9,21H,10-18H2,1H3/t21-,27-/m0/s1. The average Bonchev–Trinajstić information content (AvgIpc) is 3.08. The largest absolute Gasteiger partial charge is 0.340 e. The second-order valence-electron chi connectivity index (χ2n) is 9.76. The molecule has 1 aliphatic carbocycles. The number of likely N-dealkylation sites (N-methyl/N-ethyl adjacent to an activating group) is 1. The van der Waals surface area contributed by atoms with E-state index in [9.17, 15) is 18.8 Å². The van der Waals surface area contributed by atoms with E-state index in [4.69, 9.17) is 0 Å². The van der Waals surface area contributed by atoms with Gasteiger partial charge < -0.3 is 4.90 Å². The summed E-state index contributed by atoms with van der Waals surface area (Å²) < 4.78 is 14.8. The van der Waals surface area contributed by atoms with Crippen LogP contribution in [0.4, 0.5) is 4.39 Å². The number of carbonyl (C=O) groups excluding carboxylic acids is 3. The molecule has 3 amide bonds. The van der Waals surface area contributed by atoms with Gasteiger partial charge in [0.1, 0.15) is 5.82 Å². The Bertz CT molecular complexity index is 1130. The van der Waals surface area contributed by atoms with Crippen LogP contribution in [0, 0.1) is 5.82 Å². The monoisotopic (exact) mass is 463 g/mol. The summed E-state index contributed by atoms with van der Waals surface area (Å²) in [5.41, 5.74) is 1.51. The lowest BCUT2D eigenvalue weighted by molar-refractivity contribution is -0.142. The van der Waals surface area contributed by atoms with Gasteiger partial charge in [-0.25, -0.2) is 4.39 Å². The molecule has 2 aliphatic heterocycles. The van der Waals surface area contributed by atoms with Gasteiger partial charge in [-0.15, -0.1) is 0 Å². The first-order valence-corrected chi connectivity index (χ1v) is 12.0. The van der Waals surface area contributed by atoms with Crippen LogP contribution < -0.4 is 0 Å². The number of aryl methyl sites for hydroxylation is 1. The Kier molecular flexibility index (Phi) is 5.98. The second-order valence-corrected chi connectivity index (χ2v) is 9.76. The third-order valence-corrected chi connectivity index (χ3v) is 7.89. The third-order valence-electron chi connectivity index (χ3n) is 7.89. The highest BCUT2D eigenvalue weighted by atomic mass is 19.1. The molecule has 6 nitrogen and oxygen atoms in total. The summed E-state index contributed by atoms with van der Waals surface area (Å²) in [6, 6.07) is 15.1. The topological polar surface area (TPSA) is 60.9 Å². The van der Waals surface area contributed by atoms with Crippen LogP contribution in [0.5, 0.6) is 0 Å². The molecule has 0 saturated carbocycles. The molecule has 7 heteroatoms. The van der Waals surface area contributed by atoms with Crippen molar-refractivity contribution in [3.63, 3.8) is 0 Å². The van der Waals surface area contributed by atoms with E-state index < -0.39 is 17.1 Å². The molecule has 0 bridgehead atoms. The molecule has 0 unspecified atom stereocenters. The Morgan fingerprint density at radius 2 is 1.68 bits per heavy atom. The summed E-state index contributed by atoms with van der Waals surface area (Å²) in [6.07, 6.45) is 2.85. The predicted octanol–water partition coefficient (Wildman–Crippen LogP) is 2.54. The highest BCUT2D eigenvalue weighted by Crippen LogP contribution is 2.41. The van der Waals surface area contributed by atoms with E-state index >= 15 is 0 Å². The lowest BCUT2D eigenvalue weighted by Gasteiger charge is -2.41. The molecule has 2 fully saturated rings. The summed E-state index contributed by atoms with van der Waals surface area (Å²) in [6.45, 7) is 2.70. The molecule has 34 heavy (non-hydrogen) atoms. The molecule has 5 rings (SSSR count). The number of fused-ring (bicyclic) bond motifs is 1. The zero-order valence-corrected chi connectivity index (χ0v) is 19.5. The molecule has 2 atom stereocenters. The maximum absolute atomic E-state index is 14.8. The van der Waals surface area contributed by atoms with Crippen LogP contribution >= 0.6 is 0 Å². The lowest BCUT2D eigenvalue weighted by atomic mass is 9.75. The summed E-state index contributed by atoms with van der Waals surface area (Å²) in [5.74, 6) is -1.65. The van der Waals surface area contributed by atoms with Gasteiger partial charge in [0.15, 0.2) is 0 Å². The number of hydrogen-bond acceptors (Lipinski definition) is 4. The smallest absolute Gasteiger partial charge is 0.240 e. The Hall–Kier alpha value is -3.06. The number of rotatable bonds is 4. The third kappa shape index (κ3) is 3.92. The molecular formula is C27H30FN3O3. The van der Waals surface area contributed by atoms with Gasteiger partial charge in [-0.1, -0.05) is 42.5 Å². The number of hydrogen-bond donors (Lipinski definition) is 0. The molecular weight excluding hydrogens is 433 g/mol. The van der Waals surface area contributed by atoms with Gasteiger partial charge in [0.25, 0.3) is 0 Å². The summed E-state index contributed by atoms with van der Waals surface area (Å²) in [7, 11) is 1.40. The number of carbonyl (C=O) groups is 3. The predicted molar refractivity (Wildman–Crippen MR) is 125 cm³/mol. The molecule has 3 aliphatic rings. The molecule has 0 radical (unpaired) electrons. The van der Waals surface area contributed by atoms with Crippen LogP contribution in [0.15, 0.2) is 48.5 Å². The number of likely N-dealkylation sites (tertiary alicyclic amines) is 1. The van der Waals surface area contributed by atoms with E-state index in [2.05, 4.69) is 29.2 Å². The summed E-state index contributed by atoms with van der Waals surface area (Å²) >= 11 is 0. The Balaban J connectivity index is 1.27. The van der Waals surface area contributed by atoms with E-state index in [0.717, 1.165) is 37.3 Å². The first-order chi connectivity index (χ1) is 16.4. The fourth-order valence-corrected chi connectivity index (χ4v) is 5.88. The molecule has 2 heterocycles. The fraction of sp³-hybridized carbons (Fsp3) is 0.444. The molecule has 2 aromatic rings. The van der Waals surface area contributed by atoms with E-state index in [-0.39, 0.29) is 30.2 Å². The van der Waals surface area contributed by atoms with Gasteiger partial charge in [0.05, 0.1) is 5.41 Å². The van der Waals surface area contributed by atoms with Gasteiger partial charge in [-0.3, -0.25) is 24.2 Å². The zero-order valence-electron chi connectivity index (χ0n) is 19.5. The van der Waals surface area contributed by atoms with Crippen LogP contribution in [-0.4, -0.2) is 71.7 Å². The number of piperazine rings is 1. The fourth-order valence-electron chi connectivity index (χ4n) is 5.88. The number of nitrogens with zero attached hydrogens (tertiary/aromatic N) is 3. The zero-order chi connectivity index (χ0) is 23.9. The molecule has 0 spiro atoms. The number of halogens is 1. The van der Waals surface area contributed by atoms with Crippen LogP contribution in [0.1, 0.15) is 36.0 Å². The van der Waals surface area contributed by atoms with E-state index in [0.29, 0.717) is 19.1 Å². The van der Waals surface area contributed by atoms with Crippen molar-refractivity contribution in [2.45, 2.75) is 43.6 Å². The van der Waals surface area contributed by atoms with Crippen molar-refractivity contribution in [2.24, 2.45) is 0 Å². The highest BCUT2D eigenvalue weighted by molar-refractivity contribution is 6.10. The number of benzene rings is 2. The quantitative estimate of drug-likeness (QED) is 0.654. The molecule has 2 aromatic carbocycles. The molecule has 2 saturated heterocycles. The van der Waals surface area contributed by atoms with Crippen molar-refractivity contribution in [2.75, 3.05) is 33.2 Å². The van der Waals surface area contributed by atoms with Crippen LogP contribution in [-0.2, 0) is 32.6 Å². The summed E-state index contributed by atoms with van der Waals surface area (Å²) in [4.78, 5) is 44.1. The highest BCUT2D eigenvalue weighted by Gasteiger charge is 2.54. The Labute approximate surface area is 199 Å². The van der Waals surface area contributed by atoms with E-state index in [1.807, 2.05) is 0 Å². The minimum Gasteiger partial charge on any atom is -0.340 e. The first kappa shape index (κ1) is 22.7. The molecule has 0 aromatic heterocycles. The molecule has 0 N–H and O–H groups in total. The van der Waals surface area contributed by atoms with E-state index in [1.165, 1.54) is 30.3 Å². The van der Waals surface area contributed by atoms with Crippen LogP contribution in [0.3, 0.4) is 0 Å². The van der Waals surface area contributed by atoms with Crippen molar-refractivity contribution in [3.8, 4) is 0 Å². The van der Waals surface area contributed by atoms with Crippen LogP contribution in [0.2, 0.25) is 0 Å². The minimum absolute atomic E-state index is 0.130. The second kappa shape index (κ2) is 8.95. The van der Waals surface area contributed by atoms with Crippen molar-refractivity contribution >= 4 is 17.7 Å². The maximum Gasteiger partial charge on any atom is 0.240 e. The minimum atomic E-state index is -1.47. The van der Waals surface area contributed by atoms with Gasteiger partial charge >= 0.3 is 0 Å². The first-order valence-electron chi connectivity index (χ1n) is 12.0. The Morgan fingerprint density at radius 3 is 2.35 bits per heavy atom. The molecule has 178 valence electrons. The average molecular weight is 464 g/mol. The summed E-state index contributed by atoms with van der Waals surface area (Å²) in [5, 5.41) is 0. The van der Waals surface area contributed by atoms with Gasteiger partial charge in [-0.05, 0) is 36.5 Å². The SMILES string of the molecule is CN1C(=O)C[C@](CC(=O)N2CCN([C@H]3CCc4ccccc4C3)CC2)(c2ccccc2F)C1=O. The van der Waals surface area contributed by atoms with Crippen molar-refractivity contribution < 1.29 is 18.8 Å². The van der Waals surface area contributed by atoms with Crippen LogP contribution in [0.25, 0.3) is 0 Å². The number of imide groups is 1. The Morgan fingerprint density at radius 1 is 1.00 bits per heavy atom. The van der Waals surface area contributed by atoms with Gasteiger partial charge in [-0.2, -0.15) is 0 Å². The van der Waals surface area contributed by atoms with Crippen molar-refractivity contribution in [3.05, 3.63) is 71.0 Å². The van der Waals surface area contributed by atoms with Crippen molar-refractivity contribution in [1.82, 2.24) is 14.7 Å². The van der Waals surface area contributed by atoms with Gasteiger partial charge in [0.2, 0.25) is 17.7 Å². The van der Waals surface area contributed by atoms with Gasteiger partial charge in [0, 0.05) is 57.7 Å². The normalized spacial score (nSPS) is 25.5.